The third kappa shape index (κ3) is 3.79. The number of aryl methyl sites for hydroxylation is 2. The van der Waals surface area contributed by atoms with Gasteiger partial charge < -0.3 is 4.74 Å². The summed E-state index contributed by atoms with van der Waals surface area (Å²) < 4.78 is 6.24. The molecule has 2 aromatic carbocycles. The monoisotopic (exact) mass is 432 g/mol. The van der Waals surface area contributed by atoms with Gasteiger partial charge in [-0.1, -0.05) is 36.4 Å². The van der Waals surface area contributed by atoms with Crippen molar-refractivity contribution in [2.24, 2.45) is 5.92 Å². The van der Waals surface area contributed by atoms with Crippen LogP contribution in [0.3, 0.4) is 0 Å². The van der Waals surface area contributed by atoms with Crippen LogP contribution in [0.5, 0.6) is 0 Å². The summed E-state index contributed by atoms with van der Waals surface area (Å²) in [5.74, 6) is -0.522. The second-order valence-electron chi connectivity index (χ2n) is 7.84. The molecule has 0 aliphatic heterocycles. The lowest BCUT2D eigenvalue weighted by molar-refractivity contribution is -0.151. The summed E-state index contributed by atoms with van der Waals surface area (Å²) in [7, 11) is 1.37. The van der Waals surface area contributed by atoms with Gasteiger partial charge in [0.15, 0.2) is 0 Å². The molecule has 1 aliphatic carbocycles. The van der Waals surface area contributed by atoms with E-state index in [0.29, 0.717) is 10.8 Å². The van der Waals surface area contributed by atoms with E-state index in [4.69, 9.17) is 4.74 Å². The molecular formula is C24H24N4O4. The average molecular weight is 432 g/mol. The van der Waals surface area contributed by atoms with E-state index in [0.717, 1.165) is 35.0 Å². The van der Waals surface area contributed by atoms with Crippen LogP contribution < -0.4 is 11.1 Å². The Bertz CT molecular complexity index is 1420. The van der Waals surface area contributed by atoms with E-state index in [1.165, 1.54) is 11.8 Å². The van der Waals surface area contributed by atoms with E-state index in [2.05, 4.69) is 15.3 Å². The first-order valence-electron chi connectivity index (χ1n) is 10.4. The number of aromatic nitrogens is 4. The smallest absolute Gasteiger partial charge is 0.310 e. The number of rotatable bonds is 2. The highest BCUT2D eigenvalue weighted by Gasteiger charge is 2.40. The number of nitrogens with one attached hydrogen (secondary N) is 1. The molecule has 0 amide bonds. The van der Waals surface area contributed by atoms with E-state index in [1.807, 2.05) is 50.2 Å². The first-order chi connectivity index (χ1) is 15.4. The van der Waals surface area contributed by atoms with Gasteiger partial charge >= 0.3 is 5.97 Å². The van der Waals surface area contributed by atoms with E-state index in [9.17, 15) is 14.4 Å². The van der Waals surface area contributed by atoms with Gasteiger partial charge in [-0.3, -0.25) is 14.4 Å². The molecular weight excluding hydrogens is 408 g/mol. The Morgan fingerprint density at radius 1 is 0.938 bits per heavy atom. The Hall–Kier alpha value is -3.81. The summed E-state index contributed by atoms with van der Waals surface area (Å²) in [5.41, 5.74) is 1.39. The molecule has 2 unspecified atom stereocenters. The molecule has 1 N–H and O–H groups in total. The Morgan fingerprint density at radius 2 is 1.53 bits per heavy atom. The Labute approximate surface area is 183 Å². The van der Waals surface area contributed by atoms with Crippen LogP contribution in [-0.4, -0.2) is 33.1 Å². The van der Waals surface area contributed by atoms with E-state index in [-0.39, 0.29) is 29.0 Å². The van der Waals surface area contributed by atoms with Crippen molar-refractivity contribution < 1.29 is 9.53 Å². The lowest BCUT2D eigenvalue weighted by Gasteiger charge is -2.34. The Kier molecular flexibility index (Phi) is 5.85. The van der Waals surface area contributed by atoms with Gasteiger partial charge in [-0.2, -0.15) is 10.2 Å². The Balaban J connectivity index is 0.000000174. The van der Waals surface area contributed by atoms with Gasteiger partial charge in [-0.15, -0.1) is 0 Å². The van der Waals surface area contributed by atoms with Crippen molar-refractivity contribution in [3.63, 3.8) is 0 Å². The molecule has 4 aromatic rings. The normalized spacial score (nSPS) is 17.3. The van der Waals surface area contributed by atoms with Crippen molar-refractivity contribution >= 4 is 27.5 Å². The number of hydrogen-bond acceptors (Lipinski definition) is 6. The van der Waals surface area contributed by atoms with E-state index >= 15 is 0 Å². The van der Waals surface area contributed by atoms with Crippen LogP contribution in [0.15, 0.2) is 58.1 Å². The van der Waals surface area contributed by atoms with Crippen LogP contribution in [-0.2, 0) is 9.53 Å². The molecule has 2 aromatic heterocycles. The minimum Gasteiger partial charge on any atom is -0.469 e. The average Bonchev–Trinajstić information content (AvgIpc) is 2.79. The zero-order chi connectivity index (χ0) is 22.8. The summed E-state index contributed by atoms with van der Waals surface area (Å²) >= 11 is 0. The van der Waals surface area contributed by atoms with Crippen LogP contribution in [0.1, 0.15) is 30.3 Å². The zero-order valence-corrected chi connectivity index (χ0v) is 18.2. The van der Waals surface area contributed by atoms with Gasteiger partial charge in [0.05, 0.1) is 41.2 Å². The van der Waals surface area contributed by atoms with Gasteiger partial charge in [-0.25, -0.2) is 9.78 Å². The molecule has 0 saturated heterocycles. The Morgan fingerprint density at radius 3 is 2.09 bits per heavy atom. The zero-order valence-electron chi connectivity index (χ0n) is 18.2. The topological polar surface area (TPSA) is 107 Å². The van der Waals surface area contributed by atoms with Gasteiger partial charge in [0.25, 0.3) is 11.1 Å². The number of carbonyl (C=O) groups excluding carboxylic acids is 1. The second kappa shape index (κ2) is 8.74. The number of H-pyrrole nitrogens is 1. The lowest BCUT2D eigenvalue weighted by Crippen LogP contribution is -2.41. The van der Waals surface area contributed by atoms with Crippen molar-refractivity contribution in [2.75, 3.05) is 7.11 Å². The van der Waals surface area contributed by atoms with Crippen LogP contribution in [0, 0.1) is 19.8 Å². The maximum absolute atomic E-state index is 12.5. The molecule has 32 heavy (non-hydrogen) atoms. The SMILES string of the molecule is COC(=O)C1CCC1n1nc(C)c2ccccc2c1=O.Cc1n[nH]c(=O)c2ccccc12. The molecule has 164 valence electrons. The fraction of sp³-hybridized carbons (Fsp3) is 0.292. The van der Waals surface area contributed by atoms with Crippen molar-refractivity contribution in [3.8, 4) is 0 Å². The number of esters is 1. The number of ether oxygens (including phenoxy) is 1. The lowest BCUT2D eigenvalue weighted by atomic mass is 9.79. The van der Waals surface area contributed by atoms with Crippen LogP contribution in [0.4, 0.5) is 0 Å². The minimum atomic E-state index is -0.263. The molecule has 0 radical (unpaired) electrons. The third-order valence-corrected chi connectivity index (χ3v) is 5.96. The molecule has 0 bridgehead atoms. The molecule has 1 saturated carbocycles. The summed E-state index contributed by atoms with van der Waals surface area (Å²) in [6, 6.07) is 14.7. The van der Waals surface area contributed by atoms with Crippen molar-refractivity contribution in [1.29, 1.82) is 0 Å². The summed E-state index contributed by atoms with van der Waals surface area (Å²) in [4.78, 5) is 35.4. The van der Waals surface area contributed by atoms with Gasteiger partial charge in [-0.05, 0) is 38.8 Å². The predicted molar refractivity (Wildman–Crippen MR) is 122 cm³/mol. The molecule has 0 spiro atoms. The van der Waals surface area contributed by atoms with Gasteiger partial charge in [0.1, 0.15) is 0 Å². The van der Waals surface area contributed by atoms with E-state index in [1.54, 1.807) is 12.1 Å². The van der Waals surface area contributed by atoms with Crippen molar-refractivity contribution in [2.45, 2.75) is 32.7 Å². The molecule has 1 aliphatic rings. The highest BCUT2D eigenvalue weighted by atomic mass is 16.5. The molecule has 2 atom stereocenters. The van der Waals surface area contributed by atoms with Crippen molar-refractivity contribution in [1.82, 2.24) is 20.0 Å². The largest absolute Gasteiger partial charge is 0.469 e. The summed E-state index contributed by atoms with van der Waals surface area (Å²) in [6.07, 6.45) is 1.53. The number of fused-ring (bicyclic) bond motifs is 2. The number of nitrogens with zero attached hydrogens (tertiary/aromatic N) is 3. The molecule has 1 fully saturated rings. The number of carbonyl (C=O) groups is 1. The molecule has 2 heterocycles. The molecule has 8 heteroatoms. The second-order valence-corrected chi connectivity index (χ2v) is 7.84. The standard InChI is InChI=1S/C15H16N2O3.C9H8N2O/c1-9-10-5-3-4-6-11(10)14(18)17(16-9)13-8-7-12(13)15(19)20-2;1-6-7-4-2-3-5-8(7)9(12)11-10-6/h3-6,12-13H,7-8H2,1-2H3;2-5H,1H3,(H,11,12). The first-order valence-corrected chi connectivity index (χ1v) is 10.4. The minimum absolute atomic E-state index is 0.129. The first kappa shape index (κ1) is 21.4. The summed E-state index contributed by atoms with van der Waals surface area (Å²) in [6.45, 7) is 3.75. The number of hydrogen-bond donors (Lipinski definition) is 1. The van der Waals surface area contributed by atoms with Crippen LogP contribution in [0.2, 0.25) is 0 Å². The van der Waals surface area contributed by atoms with Gasteiger partial charge in [0.2, 0.25) is 0 Å². The van der Waals surface area contributed by atoms with Gasteiger partial charge in [0, 0.05) is 10.8 Å². The summed E-state index contributed by atoms with van der Waals surface area (Å²) in [5, 5.41) is 13.8. The fourth-order valence-corrected chi connectivity index (χ4v) is 4.05. The van der Waals surface area contributed by atoms with Crippen LogP contribution in [0.25, 0.3) is 21.5 Å². The fourth-order valence-electron chi connectivity index (χ4n) is 4.05. The quantitative estimate of drug-likeness (QED) is 0.488. The maximum Gasteiger partial charge on any atom is 0.310 e. The van der Waals surface area contributed by atoms with Crippen molar-refractivity contribution in [3.05, 3.63) is 80.6 Å². The van der Waals surface area contributed by atoms with E-state index < -0.39 is 0 Å². The highest BCUT2D eigenvalue weighted by Crippen LogP contribution is 2.38. The van der Waals surface area contributed by atoms with Crippen LogP contribution >= 0.6 is 0 Å². The molecule has 8 nitrogen and oxygen atoms in total. The third-order valence-electron chi connectivity index (χ3n) is 5.96. The predicted octanol–water partition coefficient (Wildman–Crippen LogP) is 3.06. The molecule has 5 rings (SSSR count). The number of aromatic amines is 1. The maximum atomic E-state index is 12.5. The highest BCUT2D eigenvalue weighted by molar-refractivity contribution is 5.84. The number of benzene rings is 2. The number of methoxy groups -OCH3 is 1.